The van der Waals surface area contributed by atoms with Gasteiger partial charge in [0.05, 0.1) is 5.92 Å². The van der Waals surface area contributed by atoms with Crippen molar-refractivity contribution in [1.82, 2.24) is 0 Å². The number of amides is 2. The van der Waals surface area contributed by atoms with E-state index >= 15 is 0 Å². The molecular weight excluding hydrogens is 348 g/mol. The molecule has 0 N–H and O–H groups in total. The van der Waals surface area contributed by atoms with Crippen molar-refractivity contribution >= 4 is 23.2 Å². The average Bonchev–Trinajstić information content (AvgIpc) is 2.74. The van der Waals surface area contributed by atoms with Crippen LogP contribution in [-0.2, 0) is 9.59 Å². The molecule has 0 spiro atoms. The summed E-state index contributed by atoms with van der Waals surface area (Å²) in [6.07, 6.45) is 0. The third-order valence-electron chi connectivity index (χ3n) is 4.94. The summed E-state index contributed by atoms with van der Waals surface area (Å²) in [5.74, 6) is -0.428. The molecule has 0 fully saturated rings. The van der Waals surface area contributed by atoms with Crippen LogP contribution in [0.5, 0.6) is 0 Å². The molecule has 0 saturated carbocycles. The lowest BCUT2D eigenvalue weighted by Gasteiger charge is -2.25. The quantitative estimate of drug-likeness (QED) is 0.663. The molecule has 0 aliphatic carbocycles. The highest BCUT2D eigenvalue weighted by Gasteiger charge is 2.26. The van der Waals surface area contributed by atoms with Crippen LogP contribution in [0, 0.1) is 0 Å². The van der Waals surface area contributed by atoms with Crippen molar-refractivity contribution < 1.29 is 9.59 Å². The number of carbonyl (C=O) groups excluding carboxylic acids is 2. The number of hydrogen-bond donors (Lipinski definition) is 0. The Labute approximate surface area is 166 Å². The lowest BCUT2D eigenvalue weighted by Crippen LogP contribution is -2.32. The lowest BCUT2D eigenvalue weighted by molar-refractivity contribution is -0.119. The van der Waals surface area contributed by atoms with Crippen molar-refractivity contribution in [3.05, 3.63) is 96.1 Å². The number of anilines is 2. The van der Waals surface area contributed by atoms with Crippen LogP contribution in [0.2, 0.25) is 0 Å². The average molecular weight is 372 g/mol. The molecule has 0 unspecified atom stereocenters. The van der Waals surface area contributed by atoms with Crippen LogP contribution in [0.1, 0.15) is 24.0 Å². The predicted molar refractivity (Wildman–Crippen MR) is 114 cm³/mol. The molecule has 4 nitrogen and oxygen atoms in total. The molecule has 4 heteroatoms. The molecule has 3 aromatic carbocycles. The minimum absolute atomic E-state index is 0.00919. The number of carbonyl (C=O) groups is 2. The standard InChI is InChI=1S/C24H24N2O2/c1-18(27)25(2)21-14-16-22(17-15-21)26(3)24(28)23(19-10-6-4-7-11-19)20-12-8-5-9-13-20/h4-17,23H,1-3H3. The Hall–Kier alpha value is -3.40. The van der Waals surface area contributed by atoms with E-state index in [1.54, 1.807) is 23.9 Å². The van der Waals surface area contributed by atoms with Crippen molar-refractivity contribution in [2.45, 2.75) is 12.8 Å². The van der Waals surface area contributed by atoms with Crippen molar-refractivity contribution in [2.75, 3.05) is 23.9 Å². The van der Waals surface area contributed by atoms with E-state index in [1.165, 1.54) is 6.92 Å². The van der Waals surface area contributed by atoms with Gasteiger partial charge in [-0.15, -0.1) is 0 Å². The molecular formula is C24H24N2O2. The van der Waals surface area contributed by atoms with Gasteiger partial charge in [0.2, 0.25) is 11.8 Å². The van der Waals surface area contributed by atoms with Crippen molar-refractivity contribution in [2.24, 2.45) is 0 Å². The lowest BCUT2D eigenvalue weighted by atomic mass is 9.90. The maximum absolute atomic E-state index is 13.4. The van der Waals surface area contributed by atoms with E-state index in [-0.39, 0.29) is 17.7 Å². The first-order valence-electron chi connectivity index (χ1n) is 9.21. The van der Waals surface area contributed by atoms with E-state index in [0.717, 1.165) is 22.5 Å². The Morgan fingerprint density at radius 2 is 1.04 bits per heavy atom. The van der Waals surface area contributed by atoms with Gasteiger partial charge >= 0.3 is 0 Å². The van der Waals surface area contributed by atoms with Gasteiger partial charge in [0.1, 0.15) is 0 Å². The highest BCUT2D eigenvalue weighted by molar-refractivity contribution is 6.00. The van der Waals surface area contributed by atoms with Crippen LogP contribution in [0.15, 0.2) is 84.9 Å². The maximum atomic E-state index is 13.4. The largest absolute Gasteiger partial charge is 0.316 e. The van der Waals surface area contributed by atoms with E-state index < -0.39 is 0 Å². The minimum Gasteiger partial charge on any atom is -0.316 e. The van der Waals surface area contributed by atoms with Crippen LogP contribution < -0.4 is 9.80 Å². The van der Waals surface area contributed by atoms with Gasteiger partial charge in [0.25, 0.3) is 0 Å². The summed E-state index contributed by atoms with van der Waals surface area (Å²) >= 11 is 0. The molecule has 0 aromatic heterocycles. The first-order chi connectivity index (χ1) is 13.5. The van der Waals surface area contributed by atoms with E-state index in [1.807, 2.05) is 84.9 Å². The monoisotopic (exact) mass is 372 g/mol. The number of rotatable bonds is 5. The van der Waals surface area contributed by atoms with E-state index in [4.69, 9.17) is 0 Å². The second-order valence-electron chi connectivity index (χ2n) is 6.75. The maximum Gasteiger partial charge on any atom is 0.238 e. The summed E-state index contributed by atoms with van der Waals surface area (Å²) < 4.78 is 0. The highest BCUT2D eigenvalue weighted by Crippen LogP contribution is 2.29. The Morgan fingerprint density at radius 1 is 0.643 bits per heavy atom. The van der Waals surface area contributed by atoms with Crippen molar-refractivity contribution in [3.63, 3.8) is 0 Å². The fourth-order valence-electron chi connectivity index (χ4n) is 3.17. The van der Waals surface area contributed by atoms with Crippen LogP contribution in [0.3, 0.4) is 0 Å². The summed E-state index contributed by atoms with van der Waals surface area (Å²) in [6.45, 7) is 1.52. The SMILES string of the molecule is CC(=O)N(C)c1ccc(N(C)C(=O)C(c2ccccc2)c2ccccc2)cc1. The third kappa shape index (κ3) is 4.12. The molecule has 0 radical (unpaired) electrons. The Balaban J connectivity index is 1.92. The molecule has 0 aliphatic heterocycles. The summed E-state index contributed by atoms with van der Waals surface area (Å²) in [5, 5.41) is 0. The molecule has 28 heavy (non-hydrogen) atoms. The fourth-order valence-corrected chi connectivity index (χ4v) is 3.17. The van der Waals surface area contributed by atoms with E-state index in [0.29, 0.717) is 0 Å². The molecule has 3 rings (SSSR count). The van der Waals surface area contributed by atoms with Crippen LogP contribution in [0.25, 0.3) is 0 Å². The molecule has 142 valence electrons. The topological polar surface area (TPSA) is 40.6 Å². The molecule has 0 heterocycles. The van der Waals surface area contributed by atoms with Crippen molar-refractivity contribution in [1.29, 1.82) is 0 Å². The van der Waals surface area contributed by atoms with Gasteiger partial charge < -0.3 is 9.80 Å². The molecule has 2 amide bonds. The van der Waals surface area contributed by atoms with Gasteiger partial charge in [0.15, 0.2) is 0 Å². The molecule has 3 aromatic rings. The van der Waals surface area contributed by atoms with Crippen LogP contribution >= 0.6 is 0 Å². The molecule has 0 atom stereocenters. The van der Waals surface area contributed by atoms with Gasteiger partial charge in [-0.05, 0) is 35.4 Å². The second-order valence-corrected chi connectivity index (χ2v) is 6.75. The second kappa shape index (κ2) is 8.53. The van der Waals surface area contributed by atoms with Gasteiger partial charge in [-0.2, -0.15) is 0 Å². The van der Waals surface area contributed by atoms with E-state index in [2.05, 4.69) is 0 Å². The van der Waals surface area contributed by atoms with Crippen molar-refractivity contribution in [3.8, 4) is 0 Å². The number of benzene rings is 3. The van der Waals surface area contributed by atoms with E-state index in [9.17, 15) is 9.59 Å². The number of hydrogen-bond acceptors (Lipinski definition) is 2. The zero-order chi connectivity index (χ0) is 20.1. The Kier molecular flexibility index (Phi) is 5.90. The highest BCUT2D eigenvalue weighted by atomic mass is 16.2. The molecule has 0 bridgehead atoms. The zero-order valence-electron chi connectivity index (χ0n) is 16.4. The third-order valence-corrected chi connectivity index (χ3v) is 4.94. The summed E-state index contributed by atoms with van der Waals surface area (Å²) in [4.78, 5) is 28.2. The molecule has 0 saturated heterocycles. The van der Waals surface area contributed by atoms with Crippen LogP contribution in [-0.4, -0.2) is 25.9 Å². The summed E-state index contributed by atoms with van der Waals surface area (Å²) in [5.41, 5.74) is 3.49. The predicted octanol–water partition coefficient (Wildman–Crippen LogP) is 4.46. The van der Waals surface area contributed by atoms with Gasteiger partial charge in [-0.25, -0.2) is 0 Å². The summed E-state index contributed by atoms with van der Waals surface area (Å²) in [7, 11) is 3.51. The zero-order valence-corrected chi connectivity index (χ0v) is 16.4. The molecule has 0 aliphatic rings. The Bertz CT molecular complexity index is 898. The first kappa shape index (κ1) is 19.4. The van der Waals surface area contributed by atoms with Gasteiger partial charge in [-0.3, -0.25) is 9.59 Å². The first-order valence-corrected chi connectivity index (χ1v) is 9.21. The smallest absolute Gasteiger partial charge is 0.238 e. The fraction of sp³-hybridized carbons (Fsp3) is 0.167. The minimum atomic E-state index is -0.382. The van der Waals surface area contributed by atoms with Gasteiger partial charge in [-0.1, -0.05) is 60.7 Å². The van der Waals surface area contributed by atoms with Crippen LogP contribution in [0.4, 0.5) is 11.4 Å². The number of likely N-dealkylation sites (N-methyl/N-ethyl adjacent to an activating group) is 1. The normalized spacial score (nSPS) is 10.6. The Morgan fingerprint density at radius 3 is 1.43 bits per heavy atom. The summed E-state index contributed by atoms with van der Waals surface area (Å²) in [6, 6.07) is 27.0. The number of nitrogens with zero attached hydrogens (tertiary/aromatic N) is 2. The van der Waals surface area contributed by atoms with Gasteiger partial charge in [0, 0.05) is 32.4 Å².